The fourth-order valence-electron chi connectivity index (χ4n) is 3.75. The lowest BCUT2D eigenvalue weighted by atomic mass is 9.74. The van der Waals surface area contributed by atoms with E-state index in [4.69, 9.17) is 9.47 Å². The van der Waals surface area contributed by atoms with Crippen LogP contribution in [0.2, 0.25) is 0 Å². The van der Waals surface area contributed by atoms with Gasteiger partial charge in [0.15, 0.2) is 0 Å². The Kier molecular flexibility index (Phi) is 6.61. The lowest BCUT2D eigenvalue weighted by Crippen LogP contribution is -2.26. The average Bonchev–Trinajstić information content (AvgIpc) is 2.80. The van der Waals surface area contributed by atoms with Crippen molar-refractivity contribution in [2.24, 2.45) is 5.92 Å². The molecule has 2 atom stereocenters. The van der Waals surface area contributed by atoms with Gasteiger partial charge in [-0.1, -0.05) is 36.9 Å². The van der Waals surface area contributed by atoms with Gasteiger partial charge in [0, 0.05) is 28.1 Å². The Morgan fingerprint density at radius 3 is 2.40 bits per heavy atom. The van der Waals surface area contributed by atoms with Crippen LogP contribution < -0.4 is 4.74 Å². The number of allylic oxidation sites excluding steroid dienone is 2. The Balaban J connectivity index is 2.22. The predicted molar refractivity (Wildman–Crippen MR) is 116 cm³/mol. The predicted octanol–water partition coefficient (Wildman–Crippen LogP) is 4.73. The van der Waals surface area contributed by atoms with Crippen LogP contribution in [0.1, 0.15) is 17.0 Å². The van der Waals surface area contributed by atoms with Crippen molar-refractivity contribution in [3.05, 3.63) is 77.4 Å². The molecule has 3 rings (SSSR count). The number of carbonyl (C=O) groups excluding carboxylic acids is 1. The highest BCUT2D eigenvalue weighted by molar-refractivity contribution is 7.99. The van der Waals surface area contributed by atoms with Crippen molar-refractivity contribution >= 4 is 23.3 Å². The number of nitriles is 2. The summed E-state index contributed by atoms with van der Waals surface area (Å²) in [5, 5.41) is 19.3. The zero-order valence-electron chi connectivity index (χ0n) is 16.7. The van der Waals surface area contributed by atoms with Crippen molar-refractivity contribution in [2.75, 3.05) is 20.0 Å². The van der Waals surface area contributed by atoms with Crippen LogP contribution >= 0.6 is 11.8 Å². The number of hydrogen-bond donors (Lipinski definition) is 0. The minimum atomic E-state index is -0.519. The first-order valence-corrected chi connectivity index (χ1v) is 10.2. The van der Waals surface area contributed by atoms with E-state index in [-0.39, 0.29) is 17.1 Å². The maximum absolute atomic E-state index is 12.5. The van der Waals surface area contributed by atoms with Crippen LogP contribution in [0.3, 0.4) is 0 Å². The molecule has 1 aliphatic rings. The van der Waals surface area contributed by atoms with Gasteiger partial charge in [-0.2, -0.15) is 10.5 Å². The number of methoxy groups -OCH3 is 2. The van der Waals surface area contributed by atoms with Gasteiger partial charge in [-0.25, -0.2) is 4.79 Å². The quantitative estimate of drug-likeness (QED) is 0.398. The van der Waals surface area contributed by atoms with E-state index in [1.54, 1.807) is 18.9 Å². The molecule has 5 nitrogen and oxygen atoms in total. The van der Waals surface area contributed by atoms with Crippen molar-refractivity contribution in [2.45, 2.75) is 10.8 Å². The van der Waals surface area contributed by atoms with Crippen LogP contribution in [-0.2, 0) is 9.53 Å². The fraction of sp³-hybridized carbons (Fsp3) is 0.208. The monoisotopic (exact) mass is 416 g/mol. The lowest BCUT2D eigenvalue weighted by Gasteiger charge is -2.34. The Hall–Kier alpha value is -3.48. The summed E-state index contributed by atoms with van der Waals surface area (Å²) in [4.78, 5) is 13.5. The SMILES string of the molecule is C=C(C(=O)OC)[C@@H](c1ccc(OC)cc1)[C@@H]1CSc2ccccc2C1=C(C#N)C#N. The van der Waals surface area contributed by atoms with E-state index >= 15 is 0 Å². The molecule has 0 aliphatic carbocycles. The molecule has 0 spiro atoms. The van der Waals surface area contributed by atoms with Gasteiger partial charge >= 0.3 is 5.97 Å². The second-order valence-electron chi connectivity index (χ2n) is 6.69. The summed E-state index contributed by atoms with van der Waals surface area (Å²) in [6.07, 6.45) is 0. The van der Waals surface area contributed by atoms with Crippen molar-refractivity contribution in [3.63, 3.8) is 0 Å². The second kappa shape index (κ2) is 9.35. The molecule has 0 fully saturated rings. The van der Waals surface area contributed by atoms with Crippen molar-refractivity contribution in [1.82, 2.24) is 0 Å². The Morgan fingerprint density at radius 2 is 1.80 bits per heavy atom. The molecule has 1 heterocycles. The van der Waals surface area contributed by atoms with E-state index in [0.29, 0.717) is 17.1 Å². The van der Waals surface area contributed by atoms with Gasteiger partial charge in [0.05, 0.1) is 14.2 Å². The third-order valence-electron chi connectivity index (χ3n) is 5.16. The first-order chi connectivity index (χ1) is 14.5. The first kappa shape index (κ1) is 21.2. The van der Waals surface area contributed by atoms with Gasteiger partial charge in [-0.05, 0) is 34.9 Å². The summed E-state index contributed by atoms with van der Waals surface area (Å²) >= 11 is 1.64. The van der Waals surface area contributed by atoms with E-state index in [1.165, 1.54) is 7.11 Å². The number of esters is 1. The highest BCUT2D eigenvalue weighted by Crippen LogP contribution is 2.49. The number of fused-ring (bicyclic) bond motifs is 1. The summed E-state index contributed by atoms with van der Waals surface area (Å²) in [7, 11) is 2.90. The molecule has 1 aliphatic heterocycles. The topological polar surface area (TPSA) is 83.1 Å². The van der Waals surface area contributed by atoms with Crippen LogP contribution in [0, 0.1) is 28.6 Å². The van der Waals surface area contributed by atoms with E-state index in [1.807, 2.05) is 60.7 Å². The van der Waals surface area contributed by atoms with Gasteiger partial charge in [0.25, 0.3) is 0 Å². The standard InChI is InChI=1S/C24H20N2O3S/c1-15(24(27)29-3)22(16-8-10-18(28-2)11-9-16)20-14-30-21-7-5-4-6-19(21)23(20)17(12-25)13-26/h4-11,20,22H,1,14H2,2-3H3/t20-,22-/m0/s1. The number of carbonyl (C=O) groups is 1. The summed E-state index contributed by atoms with van der Waals surface area (Å²) in [5.41, 5.74) is 2.64. The van der Waals surface area contributed by atoms with E-state index in [2.05, 4.69) is 6.58 Å². The molecule has 150 valence electrons. The molecule has 6 heteroatoms. The third-order valence-corrected chi connectivity index (χ3v) is 6.35. The molecule has 0 aromatic heterocycles. The number of rotatable bonds is 5. The molecule has 0 amide bonds. The highest BCUT2D eigenvalue weighted by atomic mass is 32.2. The number of thioether (sulfide) groups is 1. The van der Waals surface area contributed by atoms with Crippen molar-refractivity contribution in [3.8, 4) is 17.9 Å². The summed E-state index contributed by atoms with van der Waals surface area (Å²) in [6.45, 7) is 4.02. The van der Waals surface area contributed by atoms with Gasteiger partial charge < -0.3 is 9.47 Å². The van der Waals surface area contributed by atoms with E-state index in [9.17, 15) is 15.3 Å². The minimum Gasteiger partial charge on any atom is -0.497 e. The fourth-order valence-corrected chi connectivity index (χ4v) is 4.98. The minimum absolute atomic E-state index is 0.0453. The van der Waals surface area contributed by atoms with Crippen LogP contribution in [0.5, 0.6) is 5.75 Å². The third kappa shape index (κ3) is 3.96. The van der Waals surface area contributed by atoms with Gasteiger partial charge in [-0.3, -0.25) is 0 Å². The zero-order chi connectivity index (χ0) is 21.7. The number of ether oxygens (including phenoxy) is 2. The van der Waals surface area contributed by atoms with Crippen molar-refractivity contribution < 1.29 is 14.3 Å². The summed E-state index contributed by atoms with van der Waals surface area (Å²) in [6, 6.07) is 19.2. The maximum atomic E-state index is 12.5. The highest BCUT2D eigenvalue weighted by Gasteiger charge is 2.37. The maximum Gasteiger partial charge on any atom is 0.333 e. The smallest absolute Gasteiger partial charge is 0.333 e. The van der Waals surface area contributed by atoms with E-state index < -0.39 is 11.9 Å². The van der Waals surface area contributed by atoms with Crippen molar-refractivity contribution in [1.29, 1.82) is 10.5 Å². The van der Waals surface area contributed by atoms with E-state index in [0.717, 1.165) is 16.0 Å². The molecule has 2 aromatic rings. The Labute approximate surface area is 180 Å². The Morgan fingerprint density at radius 1 is 1.13 bits per heavy atom. The Bertz CT molecular complexity index is 1070. The first-order valence-electron chi connectivity index (χ1n) is 9.23. The van der Waals surface area contributed by atoms with Crippen LogP contribution in [0.15, 0.2) is 71.2 Å². The lowest BCUT2D eigenvalue weighted by molar-refractivity contribution is -0.136. The summed E-state index contributed by atoms with van der Waals surface area (Å²) < 4.78 is 10.2. The van der Waals surface area contributed by atoms with Crippen LogP contribution in [-0.4, -0.2) is 25.9 Å². The molecule has 0 unspecified atom stereocenters. The van der Waals surface area contributed by atoms with Gasteiger partial charge in [0.1, 0.15) is 23.5 Å². The normalized spacial score (nSPS) is 15.7. The number of nitrogens with zero attached hydrogens (tertiary/aromatic N) is 2. The second-order valence-corrected chi connectivity index (χ2v) is 7.76. The molecule has 30 heavy (non-hydrogen) atoms. The molecule has 0 bridgehead atoms. The zero-order valence-corrected chi connectivity index (χ0v) is 17.5. The molecule has 0 radical (unpaired) electrons. The van der Waals surface area contributed by atoms with Crippen LogP contribution in [0.4, 0.5) is 0 Å². The van der Waals surface area contributed by atoms with Gasteiger partial charge in [0.2, 0.25) is 0 Å². The number of hydrogen-bond acceptors (Lipinski definition) is 6. The largest absolute Gasteiger partial charge is 0.497 e. The molecule has 0 saturated carbocycles. The molecule has 0 saturated heterocycles. The van der Waals surface area contributed by atoms with Crippen LogP contribution in [0.25, 0.3) is 5.57 Å². The summed E-state index contributed by atoms with van der Waals surface area (Å²) in [5.74, 6) is -0.00834. The molecular weight excluding hydrogens is 396 g/mol. The average molecular weight is 417 g/mol. The van der Waals surface area contributed by atoms with Gasteiger partial charge in [-0.15, -0.1) is 11.8 Å². The molecule has 0 N–H and O–H groups in total. The molecule has 2 aromatic carbocycles. The number of benzene rings is 2. The molecular formula is C24H20N2O3S.